The predicted molar refractivity (Wildman–Crippen MR) is 110 cm³/mol. The van der Waals surface area contributed by atoms with Gasteiger partial charge in [-0.25, -0.2) is 4.39 Å². The number of nitrogens with zero attached hydrogens (tertiary/aromatic N) is 1. The molecule has 0 aliphatic carbocycles. The minimum absolute atomic E-state index is 0.0878. The lowest BCUT2D eigenvalue weighted by molar-refractivity contribution is 0.0677. The normalized spacial score (nSPS) is 15.8. The number of halogens is 1. The summed E-state index contributed by atoms with van der Waals surface area (Å²) in [5.41, 5.74) is 0.852. The van der Waals surface area contributed by atoms with Gasteiger partial charge in [0.05, 0.1) is 38.1 Å². The zero-order valence-corrected chi connectivity index (χ0v) is 17.2. The summed E-state index contributed by atoms with van der Waals surface area (Å²) in [4.78, 5) is 27.4. The number of methoxy groups -OCH3 is 2. The lowest BCUT2D eigenvalue weighted by Crippen LogP contribution is -2.37. The Labute approximate surface area is 174 Å². The van der Waals surface area contributed by atoms with Crippen LogP contribution >= 0.6 is 0 Å². The maximum Gasteiger partial charge on any atom is 0.259 e. The summed E-state index contributed by atoms with van der Waals surface area (Å²) in [7, 11) is 2.83. The molecule has 0 aromatic heterocycles. The van der Waals surface area contributed by atoms with E-state index in [-0.39, 0.29) is 46.9 Å². The van der Waals surface area contributed by atoms with Crippen molar-refractivity contribution in [3.8, 4) is 11.5 Å². The highest BCUT2D eigenvalue weighted by molar-refractivity contribution is 6.07. The lowest BCUT2D eigenvalue weighted by atomic mass is 10.1. The second-order valence-electron chi connectivity index (χ2n) is 7.12. The van der Waals surface area contributed by atoms with E-state index < -0.39 is 11.7 Å². The van der Waals surface area contributed by atoms with E-state index in [0.29, 0.717) is 12.1 Å². The number of hydrogen-bond acceptors (Lipinski definition) is 5. The van der Waals surface area contributed by atoms with Crippen LogP contribution in [0.5, 0.6) is 11.5 Å². The number of likely N-dealkylation sites (tertiary alicyclic amines) is 1. The average Bonchev–Trinajstić information content (AvgIpc) is 3.21. The van der Waals surface area contributed by atoms with Crippen molar-refractivity contribution in [1.29, 1.82) is 0 Å². The fraction of sp³-hybridized carbons (Fsp3) is 0.364. The van der Waals surface area contributed by atoms with Crippen LogP contribution in [0, 0.1) is 12.7 Å². The minimum atomic E-state index is -0.662. The van der Waals surface area contributed by atoms with Crippen LogP contribution in [0.1, 0.15) is 39.1 Å². The first kappa shape index (κ1) is 21.6. The highest BCUT2D eigenvalue weighted by atomic mass is 19.1. The molecule has 0 unspecified atom stereocenters. The van der Waals surface area contributed by atoms with Gasteiger partial charge in [0, 0.05) is 12.1 Å². The van der Waals surface area contributed by atoms with Crippen molar-refractivity contribution >= 4 is 17.5 Å². The zero-order chi connectivity index (χ0) is 21.8. The number of carbonyl (C=O) groups is 2. The molecular formula is C22H25FN2O5. The first-order valence-corrected chi connectivity index (χ1v) is 9.65. The van der Waals surface area contributed by atoms with Gasteiger partial charge in [-0.3, -0.25) is 9.59 Å². The molecule has 1 saturated heterocycles. The Kier molecular flexibility index (Phi) is 6.56. The van der Waals surface area contributed by atoms with Crippen LogP contribution < -0.4 is 14.8 Å². The third kappa shape index (κ3) is 4.09. The molecule has 1 fully saturated rings. The summed E-state index contributed by atoms with van der Waals surface area (Å²) in [6.45, 7) is 2.06. The highest BCUT2D eigenvalue weighted by Crippen LogP contribution is 2.38. The van der Waals surface area contributed by atoms with Gasteiger partial charge < -0.3 is 24.8 Å². The second kappa shape index (κ2) is 9.13. The summed E-state index contributed by atoms with van der Waals surface area (Å²) in [5, 5.41) is 12.2. The molecule has 1 heterocycles. The maximum absolute atomic E-state index is 14.2. The second-order valence-corrected chi connectivity index (χ2v) is 7.12. The van der Waals surface area contributed by atoms with Crippen molar-refractivity contribution in [1.82, 2.24) is 4.90 Å². The van der Waals surface area contributed by atoms with Crippen molar-refractivity contribution in [3.05, 3.63) is 52.8 Å². The monoisotopic (exact) mass is 416 g/mol. The number of anilines is 1. The summed E-state index contributed by atoms with van der Waals surface area (Å²) in [5.74, 6) is -1.12. The van der Waals surface area contributed by atoms with E-state index in [1.54, 1.807) is 17.9 Å². The molecule has 0 spiro atoms. The molecule has 0 radical (unpaired) electrons. The Morgan fingerprint density at radius 1 is 1.27 bits per heavy atom. The van der Waals surface area contributed by atoms with E-state index in [9.17, 15) is 19.1 Å². The van der Waals surface area contributed by atoms with Gasteiger partial charge in [-0.2, -0.15) is 0 Å². The fourth-order valence-electron chi connectivity index (χ4n) is 3.74. The Balaban J connectivity index is 2.00. The molecule has 30 heavy (non-hydrogen) atoms. The van der Waals surface area contributed by atoms with Gasteiger partial charge >= 0.3 is 0 Å². The molecule has 7 nitrogen and oxygen atoms in total. The Hall–Kier alpha value is -3.13. The van der Waals surface area contributed by atoms with Crippen LogP contribution in [-0.4, -0.2) is 55.2 Å². The zero-order valence-electron chi connectivity index (χ0n) is 17.2. The number of amides is 2. The predicted octanol–water partition coefficient (Wildman–Crippen LogP) is 3.00. The van der Waals surface area contributed by atoms with Crippen molar-refractivity contribution < 1.29 is 28.6 Å². The molecule has 2 aromatic carbocycles. The first-order chi connectivity index (χ1) is 14.4. The third-order valence-electron chi connectivity index (χ3n) is 5.27. The first-order valence-electron chi connectivity index (χ1n) is 9.65. The van der Waals surface area contributed by atoms with Crippen molar-refractivity contribution in [2.24, 2.45) is 0 Å². The topological polar surface area (TPSA) is 88.1 Å². The molecule has 0 bridgehead atoms. The van der Waals surface area contributed by atoms with E-state index >= 15 is 0 Å². The number of aliphatic hydroxyl groups excluding tert-OH is 1. The molecule has 2 amide bonds. The number of benzene rings is 2. The van der Waals surface area contributed by atoms with E-state index in [1.165, 1.54) is 38.5 Å². The van der Waals surface area contributed by atoms with Crippen LogP contribution in [0.3, 0.4) is 0 Å². The number of carbonyl (C=O) groups excluding carboxylic acids is 2. The van der Waals surface area contributed by atoms with Crippen LogP contribution in [0.15, 0.2) is 30.3 Å². The highest BCUT2D eigenvalue weighted by Gasteiger charge is 2.30. The largest absolute Gasteiger partial charge is 0.493 e. The van der Waals surface area contributed by atoms with Crippen LogP contribution in [0.2, 0.25) is 0 Å². The van der Waals surface area contributed by atoms with Gasteiger partial charge in [0.1, 0.15) is 5.82 Å². The quantitative estimate of drug-likeness (QED) is 0.756. The van der Waals surface area contributed by atoms with Crippen LogP contribution in [0.25, 0.3) is 0 Å². The lowest BCUT2D eigenvalue weighted by Gasteiger charge is -2.24. The summed E-state index contributed by atoms with van der Waals surface area (Å²) in [6.07, 6.45) is 1.53. The summed E-state index contributed by atoms with van der Waals surface area (Å²) < 4.78 is 24.9. The van der Waals surface area contributed by atoms with Crippen LogP contribution in [0.4, 0.5) is 10.1 Å². The van der Waals surface area contributed by atoms with E-state index in [0.717, 1.165) is 12.8 Å². The van der Waals surface area contributed by atoms with Gasteiger partial charge in [-0.1, -0.05) is 12.1 Å². The molecule has 3 rings (SSSR count). The van der Waals surface area contributed by atoms with Gasteiger partial charge in [0.15, 0.2) is 11.5 Å². The molecule has 2 aromatic rings. The number of hydrogen-bond donors (Lipinski definition) is 2. The molecule has 160 valence electrons. The molecule has 2 N–H and O–H groups in total. The van der Waals surface area contributed by atoms with Gasteiger partial charge in [-0.05, 0) is 43.5 Å². The van der Waals surface area contributed by atoms with Crippen LogP contribution in [-0.2, 0) is 0 Å². The van der Waals surface area contributed by atoms with E-state index in [2.05, 4.69) is 5.32 Å². The smallest absolute Gasteiger partial charge is 0.259 e. The number of ether oxygens (including phenoxy) is 2. The molecule has 1 aliphatic rings. The maximum atomic E-state index is 14.2. The Morgan fingerprint density at radius 2 is 2.03 bits per heavy atom. The summed E-state index contributed by atoms with van der Waals surface area (Å²) in [6, 6.07) is 7.13. The minimum Gasteiger partial charge on any atom is -0.493 e. The number of aliphatic hydroxyl groups is 1. The van der Waals surface area contributed by atoms with E-state index in [1.807, 2.05) is 0 Å². The Bertz CT molecular complexity index is 943. The van der Waals surface area contributed by atoms with Gasteiger partial charge in [0.2, 0.25) is 0 Å². The van der Waals surface area contributed by atoms with Crippen molar-refractivity contribution in [2.45, 2.75) is 25.8 Å². The molecule has 1 aliphatic heterocycles. The fourth-order valence-corrected chi connectivity index (χ4v) is 3.74. The molecular weight excluding hydrogens is 391 g/mol. The average molecular weight is 416 g/mol. The molecule has 8 heteroatoms. The Morgan fingerprint density at radius 3 is 2.67 bits per heavy atom. The van der Waals surface area contributed by atoms with Crippen molar-refractivity contribution in [3.63, 3.8) is 0 Å². The van der Waals surface area contributed by atoms with E-state index in [4.69, 9.17) is 9.47 Å². The third-order valence-corrected chi connectivity index (χ3v) is 5.27. The molecule has 0 saturated carbocycles. The molecule has 1 atom stereocenters. The standard InChI is InChI=1S/C22H25FN2O5/c1-13-6-4-8-16(23)19(13)21(27)24-17-10-14(11-18(29-2)20(17)30-3)22(28)25-9-5-7-15(25)12-26/h4,6,8,10-11,15,26H,5,7,9,12H2,1-3H3,(H,24,27)/t15-/m0/s1. The summed E-state index contributed by atoms with van der Waals surface area (Å²) >= 11 is 0. The number of nitrogens with one attached hydrogen (secondary N) is 1. The van der Waals surface area contributed by atoms with Crippen molar-refractivity contribution in [2.75, 3.05) is 32.7 Å². The van der Waals surface area contributed by atoms with Gasteiger partial charge in [0.25, 0.3) is 11.8 Å². The SMILES string of the molecule is COc1cc(C(=O)N2CCC[C@H]2CO)cc(NC(=O)c2c(C)cccc2F)c1OC. The number of rotatable bonds is 6. The van der Waals surface area contributed by atoms with Gasteiger partial charge in [-0.15, -0.1) is 0 Å². The number of aryl methyl sites for hydroxylation is 1.